The summed E-state index contributed by atoms with van der Waals surface area (Å²) in [6, 6.07) is 8.86. The second-order valence-electron chi connectivity index (χ2n) is 7.71. The van der Waals surface area contributed by atoms with Crippen LogP contribution < -0.4 is 10.6 Å². The van der Waals surface area contributed by atoms with E-state index >= 15 is 0 Å². The number of nitrogens with zero attached hydrogens (tertiary/aromatic N) is 1. The average Bonchev–Trinajstić information content (AvgIpc) is 2.36. The Morgan fingerprint density at radius 1 is 1.30 bits per heavy atom. The second-order valence-corrected chi connectivity index (χ2v) is 7.71. The predicted molar refractivity (Wildman–Crippen MR) is 88.1 cm³/mol. The number of benzene rings is 1. The van der Waals surface area contributed by atoms with Crippen molar-refractivity contribution in [3.8, 4) is 0 Å². The molecule has 0 saturated carbocycles. The molecule has 0 spiro atoms. The van der Waals surface area contributed by atoms with Gasteiger partial charge in [-0.05, 0) is 48.3 Å². The smallest absolute Gasteiger partial charge is 0.0399 e. The fourth-order valence-corrected chi connectivity index (χ4v) is 3.48. The zero-order valence-electron chi connectivity index (χ0n) is 13.5. The quantitative estimate of drug-likeness (QED) is 0.907. The van der Waals surface area contributed by atoms with E-state index in [-0.39, 0.29) is 0 Å². The number of rotatable bonds is 4. The molecule has 0 amide bonds. The SMILES string of the molecule is CC1Cc2ccccc2N(CC(CN)CC(C)(C)C)C1. The van der Waals surface area contributed by atoms with Crippen molar-refractivity contribution < 1.29 is 0 Å². The van der Waals surface area contributed by atoms with Gasteiger partial charge in [-0.15, -0.1) is 0 Å². The highest BCUT2D eigenvalue weighted by atomic mass is 15.1. The summed E-state index contributed by atoms with van der Waals surface area (Å²) in [6.07, 6.45) is 2.40. The third kappa shape index (κ3) is 3.99. The van der Waals surface area contributed by atoms with Crippen molar-refractivity contribution in [2.75, 3.05) is 24.5 Å². The van der Waals surface area contributed by atoms with Crippen LogP contribution in [0.15, 0.2) is 24.3 Å². The lowest BCUT2D eigenvalue weighted by Crippen LogP contribution is -2.40. The van der Waals surface area contributed by atoms with E-state index in [1.165, 1.54) is 24.1 Å². The lowest BCUT2D eigenvalue weighted by Gasteiger charge is -2.38. The van der Waals surface area contributed by atoms with Gasteiger partial charge in [-0.25, -0.2) is 0 Å². The molecule has 1 aromatic carbocycles. The lowest BCUT2D eigenvalue weighted by atomic mass is 9.83. The molecule has 0 saturated heterocycles. The summed E-state index contributed by atoms with van der Waals surface area (Å²) in [4.78, 5) is 2.56. The van der Waals surface area contributed by atoms with Gasteiger partial charge in [-0.3, -0.25) is 0 Å². The Balaban J connectivity index is 2.12. The molecule has 1 heterocycles. The van der Waals surface area contributed by atoms with Crippen LogP contribution in [0.5, 0.6) is 0 Å². The van der Waals surface area contributed by atoms with Crippen molar-refractivity contribution in [1.82, 2.24) is 0 Å². The highest BCUT2D eigenvalue weighted by Gasteiger charge is 2.25. The van der Waals surface area contributed by atoms with E-state index in [1.54, 1.807) is 0 Å². The van der Waals surface area contributed by atoms with Crippen LogP contribution in [0.4, 0.5) is 5.69 Å². The molecule has 0 radical (unpaired) electrons. The van der Waals surface area contributed by atoms with Gasteiger partial charge in [0.1, 0.15) is 0 Å². The molecular weight excluding hydrogens is 244 g/mol. The highest BCUT2D eigenvalue weighted by Crippen LogP contribution is 2.32. The number of fused-ring (bicyclic) bond motifs is 1. The van der Waals surface area contributed by atoms with Gasteiger partial charge < -0.3 is 10.6 Å². The Labute approximate surface area is 124 Å². The molecular formula is C18H30N2. The van der Waals surface area contributed by atoms with E-state index in [1.807, 2.05) is 0 Å². The number of para-hydroxylation sites is 1. The van der Waals surface area contributed by atoms with Crippen molar-refractivity contribution in [3.63, 3.8) is 0 Å². The first kappa shape index (κ1) is 15.4. The Morgan fingerprint density at radius 2 is 2.00 bits per heavy atom. The maximum absolute atomic E-state index is 6.03. The minimum atomic E-state index is 0.352. The zero-order valence-corrected chi connectivity index (χ0v) is 13.5. The molecule has 2 atom stereocenters. The molecule has 2 heteroatoms. The highest BCUT2D eigenvalue weighted by molar-refractivity contribution is 5.55. The summed E-state index contributed by atoms with van der Waals surface area (Å²) in [5.41, 5.74) is 9.30. The summed E-state index contributed by atoms with van der Waals surface area (Å²) in [6.45, 7) is 12.3. The second kappa shape index (κ2) is 6.17. The van der Waals surface area contributed by atoms with Crippen LogP contribution in [0.3, 0.4) is 0 Å². The van der Waals surface area contributed by atoms with Gasteiger partial charge in [0.25, 0.3) is 0 Å². The molecule has 1 aromatic rings. The Morgan fingerprint density at radius 3 is 2.65 bits per heavy atom. The van der Waals surface area contributed by atoms with Gasteiger partial charge in [0, 0.05) is 18.8 Å². The van der Waals surface area contributed by atoms with E-state index in [9.17, 15) is 0 Å². The van der Waals surface area contributed by atoms with Crippen molar-refractivity contribution in [2.24, 2.45) is 23.0 Å². The Hall–Kier alpha value is -1.02. The minimum Gasteiger partial charge on any atom is -0.371 e. The van der Waals surface area contributed by atoms with Gasteiger partial charge in [-0.2, -0.15) is 0 Å². The largest absolute Gasteiger partial charge is 0.371 e. The van der Waals surface area contributed by atoms with Crippen LogP contribution in [-0.4, -0.2) is 19.6 Å². The van der Waals surface area contributed by atoms with E-state index in [0.717, 1.165) is 25.6 Å². The molecule has 0 bridgehead atoms. The summed E-state index contributed by atoms with van der Waals surface area (Å²) in [7, 11) is 0. The first-order valence-corrected chi connectivity index (χ1v) is 7.92. The first-order valence-electron chi connectivity index (χ1n) is 7.92. The van der Waals surface area contributed by atoms with E-state index < -0.39 is 0 Å². The molecule has 112 valence electrons. The molecule has 2 nitrogen and oxygen atoms in total. The molecule has 2 N–H and O–H groups in total. The van der Waals surface area contributed by atoms with Crippen LogP contribution in [-0.2, 0) is 6.42 Å². The molecule has 2 unspecified atom stereocenters. The number of nitrogens with two attached hydrogens (primary N) is 1. The minimum absolute atomic E-state index is 0.352. The molecule has 20 heavy (non-hydrogen) atoms. The zero-order chi connectivity index (χ0) is 14.8. The third-order valence-electron chi connectivity index (χ3n) is 4.15. The summed E-state index contributed by atoms with van der Waals surface area (Å²) < 4.78 is 0. The number of hydrogen-bond donors (Lipinski definition) is 1. The first-order chi connectivity index (χ1) is 9.39. The fourth-order valence-electron chi connectivity index (χ4n) is 3.48. The van der Waals surface area contributed by atoms with Crippen LogP contribution in [0.2, 0.25) is 0 Å². The van der Waals surface area contributed by atoms with Crippen LogP contribution in [0, 0.1) is 17.3 Å². The average molecular weight is 274 g/mol. The Kier molecular flexibility index (Phi) is 4.74. The standard InChI is InChI=1S/C18H30N2/c1-14-9-16-7-5-6-8-17(16)20(12-14)13-15(11-19)10-18(2,3)4/h5-8,14-15H,9-13,19H2,1-4H3. The van der Waals surface area contributed by atoms with E-state index in [0.29, 0.717) is 11.3 Å². The monoisotopic (exact) mass is 274 g/mol. The van der Waals surface area contributed by atoms with E-state index in [4.69, 9.17) is 5.73 Å². The van der Waals surface area contributed by atoms with Crippen molar-refractivity contribution in [1.29, 1.82) is 0 Å². The normalized spacial score (nSPS) is 20.6. The summed E-state index contributed by atoms with van der Waals surface area (Å²) in [5.74, 6) is 1.31. The van der Waals surface area contributed by atoms with Crippen LogP contribution >= 0.6 is 0 Å². The van der Waals surface area contributed by atoms with Gasteiger partial charge in [0.05, 0.1) is 0 Å². The molecule has 2 rings (SSSR count). The Bertz CT molecular complexity index is 433. The summed E-state index contributed by atoms with van der Waals surface area (Å²) in [5, 5.41) is 0. The molecule has 0 aliphatic carbocycles. The molecule has 1 aliphatic rings. The van der Waals surface area contributed by atoms with Crippen molar-refractivity contribution in [2.45, 2.75) is 40.5 Å². The lowest BCUT2D eigenvalue weighted by molar-refractivity contribution is 0.295. The predicted octanol–water partition coefficient (Wildman–Crippen LogP) is 3.70. The fraction of sp³-hybridized carbons (Fsp3) is 0.667. The summed E-state index contributed by atoms with van der Waals surface area (Å²) >= 11 is 0. The number of hydrogen-bond acceptors (Lipinski definition) is 2. The maximum atomic E-state index is 6.03. The third-order valence-corrected chi connectivity index (χ3v) is 4.15. The topological polar surface area (TPSA) is 29.3 Å². The molecule has 0 aromatic heterocycles. The van der Waals surface area contributed by atoms with Crippen LogP contribution in [0.25, 0.3) is 0 Å². The molecule has 1 aliphatic heterocycles. The van der Waals surface area contributed by atoms with Gasteiger partial charge in [0.2, 0.25) is 0 Å². The van der Waals surface area contributed by atoms with Gasteiger partial charge in [-0.1, -0.05) is 45.9 Å². The number of anilines is 1. The van der Waals surface area contributed by atoms with Gasteiger partial charge in [0.15, 0.2) is 0 Å². The van der Waals surface area contributed by atoms with Crippen molar-refractivity contribution >= 4 is 5.69 Å². The van der Waals surface area contributed by atoms with Crippen LogP contribution in [0.1, 0.15) is 39.7 Å². The van der Waals surface area contributed by atoms with Crippen molar-refractivity contribution in [3.05, 3.63) is 29.8 Å². The van der Waals surface area contributed by atoms with E-state index in [2.05, 4.69) is 56.9 Å². The van der Waals surface area contributed by atoms with Gasteiger partial charge >= 0.3 is 0 Å². The maximum Gasteiger partial charge on any atom is 0.0399 e. The molecule has 0 fully saturated rings.